The summed E-state index contributed by atoms with van der Waals surface area (Å²) in [6.45, 7) is 1.44. The average molecular weight is 350 g/mol. The molecule has 1 atom stereocenters. The first-order valence-corrected chi connectivity index (χ1v) is 7.77. The molecule has 126 valence electrons. The third kappa shape index (κ3) is 5.66. The topological polar surface area (TPSA) is 55.4 Å². The number of rotatable bonds is 6. The third-order valence-corrected chi connectivity index (χ3v) is 3.59. The molecule has 2 aromatic rings. The van der Waals surface area contributed by atoms with E-state index >= 15 is 0 Å². The molecule has 1 amide bonds. The highest BCUT2D eigenvalue weighted by Crippen LogP contribution is 2.17. The summed E-state index contributed by atoms with van der Waals surface area (Å²) in [5.41, 5.74) is 1.47. The molecule has 24 heavy (non-hydrogen) atoms. The molecule has 0 radical (unpaired) electrons. The van der Waals surface area contributed by atoms with Crippen LogP contribution in [0.4, 0.5) is 4.39 Å². The van der Waals surface area contributed by atoms with Crippen LogP contribution in [-0.4, -0.2) is 18.5 Å². The lowest BCUT2D eigenvalue weighted by atomic mass is 10.1. The summed E-state index contributed by atoms with van der Waals surface area (Å²) >= 11 is 5.91. The van der Waals surface area contributed by atoms with E-state index in [9.17, 15) is 14.0 Å². The Hall–Kier alpha value is -2.40. The average Bonchev–Trinajstić information content (AvgIpc) is 2.55. The Morgan fingerprint density at radius 1 is 1.21 bits per heavy atom. The summed E-state index contributed by atoms with van der Waals surface area (Å²) in [6, 6.07) is 12.4. The normalized spacial score (nSPS) is 11.6. The van der Waals surface area contributed by atoms with Crippen molar-refractivity contribution in [1.82, 2.24) is 5.32 Å². The van der Waals surface area contributed by atoms with Crippen molar-refractivity contribution in [1.29, 1.82) is 0 Å². The van der Waals surface area contributed by atoms with Crippen LogP contribution in [0.15, 0.2) is 48.5 Å². The number of nitrogens with one attached hydrogen (secondary N) is 1. The van der Waals surface area contributed by atoms with Crippen LogP contribution in [0, 0.1) is 5.82 Å². The van der Waals surface area contributed by atoms with E-state index in [2.05, 4.69) is 5.32 Å². The van der Waals surface area contributed by atoms with Gasteiger partial charge in [-0.2, -0.15) is 0 Å². The molecule has 0 spiro atoms. The fourth-order valence-corrected chi connectivity index (χ4v) is 2.31. The first kappa shape index (κ1) is 17.9. The maximum atomic E-state index is 12.8. The van der Waals surface area contributed by atoms with Gasteiger partial charge in [0.15, 0.2) is 6.61 Å². The largest absolute Gasteiger partial charge is 0.455 e. The van der Waals surface area contributed by atoms with Gasteiger partial charge in [0, 0.05) is 5.02 Å². The summed E-state index contributed by atoms with van der Waals surface area (Å²) < 4.78 is 17.7. The van der Waals surface area contributed by atoms with E-state index in [1.807, 2.05) is 13.0 Å². The van der Waals surface area contributed by atoms with Crippen molar-refractivity contribution in [3.8, 4) is 0 Å². The van der Waals surface area contributed by atoms with Crippen LogP contribution >= 0.6 is 11.6 Å². The molecule has 0 heterocycles. The Bertz CT molecular complexity index is 718. The molecule has 0 bridgehead atoms. The summed E-state index contributed by atoms with van der Waals surface area (Å²) in [5.74, 6) is -1.33. The molecule has 0 aliphatic heterocycles. The zero-order chi connectivity index (χ0) is 17.5. The smallest absolute Gasteiger partial charge is 0.310 e. The first-order valence-electron chi connectivity index (χ1n) is 7.39. The Kier molecular flexibility index (Phi) is 6.32. The van der Waals surface area contributed by atoms with E-state index < -0.39 is 11.9 Å². The SMILES string of the molecule is C[C@@H](NC(=O)COC(=O)Cc1ccc(F)cc1)c1cccc(Cl)c1. The van der Waals surface area contributed by atoms with Crippen molar-refractivity contribution < 1.29 is 18.7 Å². The van der Waals surface area contributed by atoms with E-state index in [-0.39, 0.29) is 24.9 Å². The monoisotopic (exact) mass is 349 g/mol. The number of ether oxygens (including phenoxy) is 1. The number of esters is 1. The second-order valence-corrected chi connectivity index (χ2v) is 5.74. The lowest BCUT2D eigenvalue weighted by Crippen LogP contribution is -2.31. The summed E-state index contributed by atoms with van der Waals surface area (Å²) in [5, 5.41) is 3.31. The Balaban J connectivity index is 1.78. The highest BCUT2D eigenvalue weighted by atomic mass is 35.5. The fourth-order valence-electron chi connectivity index (χ4n) is 2.11. The van der Waals surface area contributed by atoms with Gasteiger partial charge in [-0.3, -0.25) is 9.59 Å². The molecule has 0 aliphatic carbocycles. The highest BCUT2D eigenvalue weighted by molar-refractivity contribution is 6.30. The maximum Gasteiger partial charge on any atom is 0.310 e. The molecule has 4 nitrogen and oxygen atoms in total. The molecule has 0 aliphatic rings. The molecule has 6 heteroatoms. The molecule has 0 aromatic heterocycles. The number of carbonyl (C=O) groups excluding carboxylic acids is 2. The van der Waals surface area contributed by atoms with Gasteiger partial charge in [-0.05, 0) is 42.3 Å². The fraction of sp³-hybridized carbons (Fsp3) is 0.222. The number of halogens is 2. The number of hydrogen-bond acceptors (Lipinski definition) is 3. The first-order chi connectivity index (χ1) is 11.4. The number of amides is 1. The van der Waals surface area contributed by atoms with Crippen LogP contribution in [0.3, 0.4) is 0 Å². The van der Waals surface area contributed by atoms with Crippen molar-refractivity contribution in [2.24, 2.45) is 0 Å². The molecule has 0 saturated heterocycles. The molecule has 0 saturated carbocycles. The van der Waals surface area contributed by atoms with Crippen molar-refractivity contribution in [3.63, 3.8) is 0 Å². The summed E-state index contributed by atoms with van der Waals surface area (Å²) in [4.78, 5) is 23.5. The minimum Gasteiger partial charge on any atom is -0.455 e. The maximum absolute atomic E-state index is 12.8. The van der Waals surface area contributed by atoms with Gasteiger partial charge in [0.1, 0.15) is 5.82 Å². The van der Waals surface area contributed by atoms with E-state index in [0.717, 1.165) is 5.56 Å². The van der Waals surface area contributed by atoms with Crippen LogP contribution in [0.2, 0.25) is 5.02 Å². The van der Waals surface area contributed by atoms with Gasteiger partial charge >= 0.3 is 5.97 Å². The van der Waals surface area contributed by atoms with Gasteiger partial charge in [-0.15, -0.1) is 0 Å². The molecular formula is C18H17ClFNO3. The van der Waals surface area contributed by atoms with Crippen LogP contribution in [-0.2, 0) is 20.7 Å². The van der Waals surface area contributed by atoms with Gasteiger partial charge in [0.25, 0.3) is 5.91 Å². The van der Waals surface area contributed by atoms with E-state index in [0.29, 0.717) is 10.6 Å². The molecule has 2 rings (SSSR count). The summed E-state index contributed by atoms with van der Waals surface area (Å²) in [7, 11) is 0. The Morgan fingerprint density at radius 3 is 2.58 bits per heavy atom. The zero-order valence-electron chi connectivity index (χ0n) is 13.1. The van der Waals surface area contributed by atoms with E-state index in [1.54, 1.807) is 18.2 Å². The second-order valence-electron chi connectivity index (χ2n) is 5.31. The predicted molar refractivity (Wildman–Crippen MR) is 89.1 cm³/mol. The van der Waals surface area contributed by atoms with E-state index in [1.165, 1.54) is 24.3 Å². The molecule has 0 unspecified atom stereocenters. The minimum absolute atomic E-state index is 0.0165. The predicted octanol–water partition coefficient (Wildman–Crippen LogP) is 3.44. The lowest BCUT2D eigenvalue weighted by Gasteiger charge is -2.14. The van der Waals surface area contributed by atoms with Crippen LogP contribution in [0.25, 0.3) is 0 Å². The number of hydrogen-bond donors (Lipinski definition) is 1. The lowest BCUT2D eigenvalue weighted by molar-refractivity contribution is -0.148. The molecule has 1 N–H and O–H groups in total. The van der Waals surface area contributed by atoms with E-state index in [4.69, 9.17) is 16.3 Å². The quantitative estimate of drug-likeness (QED) is 0.813. The molecular weight excluding hydrogens is 333 g/mol. The van der Waals surface area contributed by atoms with Crippen molar-refractivity contribution in [3.05, 3.63) is 70.5 Å². The third-order valence-electron chi connectivity index (χ3n) is 3.35. The van der Waals surface area contributed by atoms with Gasteiger partial charge in [0.2, 0.25) is 0 Å². The Morgan fingerprint density at radius 2 is 1.92 bits per heavy atom. The highest BCUT2D eigenvalue weighted by Gasteiger charge is 2.12. The van der Waals surface area contributed by atoms with Gasteiger partial charge in [-0.1, -0.05) is 35.9 Å². The standard InChI is InChI=1S/C18H17ClFNO3/c1-12(14-3-2-4-15(19)10-14)21-17(22)11-24-18(23)9-13-5-7-16(20)8-6-13/h2-8,10,12H,9,11H2,1H3,(H,21,22)/t12-/m1/s1. The van der Waals surface area contributed by atoms with Crippen molar-refractivity contribution >= 4 is 23.5 Å². The second kappa shape index (κ2) is 8.45. The zero-order valence-corrected chi connectivity index (χ0v) is 13.8. The molecule has 2 aromatic carbocycles. The van der Waals surface area contributed by atoms with Crippen LogP contribution in [0.5, 0.6) is 0 Å². The van der Waals surface area contributed by atoms with Crippen LogP contribution < -0.4 is 5.32 Å². The van der Waals surface area contributed by atoms with Crippen molar-refractivity contribution in [2.75, 3.05) is 6.61 Å². The van der Waals surface area contributed by atoms with Crippen molar-refractivity contribution in [2.45, 2.75) is 19.4 Å². The molecule has 0 fully saturated rings. The van der Waals surface area contributed by atoms with Gasteiger partial charge in [0.05, 0.1) is 12.5 Å². The van der Waals surface area contributed by atoms with Gasteiger partial charge in [-0.25, -0.2) is 4.39 Å². The minimum atomic E-state index is -0.549. The van der Waals surface area contributed by atoms with Gasteiger partial charge < -0.3 is 10.1 Å². The summed E-state index contributed by atoms with van der Waals surface area (Å²) in [6.07, 6.45) is -0.0165. The number of benzene rings is 2. The van der Waals surface area contributed by atoms with Crippen LogP contribution in [0.1, 0.15) is 24.1 Å². The number of carbonyl (C=O) groups is 2. The Labute approximate surface area is 144 Å².